The minimum Gasteiger partial charge on any atom is -0.423 e. The van der Waals surface area contributed by atoms with Gasteiger partial charge in [-0.3, -0.25) is 0 Å². The first-order chi connectivity index (χ1) is 8.72. The van der Waals surface area contributed by atoms with Gasteiger partial charge in [-0.15, -0.1) is 0 Å². The van der Waals surface area contributed by atoms with E-state index < -0.39 is 0 Å². The van der Waals surface area contributed by atoms with Crippen molar-refractivity contribution in [3.05, 3.63) is 70.6 Å². The molecular weight excluding hydrogens is 224 g/mol. The Balaban J connectivity index is 2.19. The topological polar surface area (TPSA) is 30.2 Å². The van der Waals surface area contributed by atoms with Gasteiger partial charge < -0.3 is 4.42 Å². The third-order valence-corrected chi connectivity index (χ3v) is 2.97. The van der Waals surface area contributed by atoms with Crippen LogP contribution in [0.5, 0.6) is 0 Å². The van der Waals surface area contributed by atoms with E-state index in [1.807, 2.05) is 24.3 Å². The number of hydrogen-bond acceptors (Lipinski definition) is 2. The van der Waals surface area contributed by atoms with Gasteiger partial charge in [0.15, 0.2) is 0 Å². The van der Waals surface area contributed by atoms with Crippen molar-refractivity contribution >= 4 is 11.0 Å². The molecule has 2 aromatic carbocycles. The summed E-state index contributed by atoms with van der Waals surface area (Å²) in [5.74, 6) is 0. The highest BCUT2D eigenvalue weighted by Crippen LogP contribution is 2.24. The van der Waals surface area contributed by atoms with E-state index in [0.29, 0.717) is 5.58 Å². The molecule has 2 nitrogen and oxygen atoms in total. The molecule has 3 aromatic rings. The number of rotatable bonds is 1. The van der Waals surface area contributed by atoms with E-state index in [-0.39, 0.29) is 5.63 Å². The zero-order valence-corrected chi connectivity index (χ0v) is 10.0. The second-order valence-electron chi connectivity index (χ2n) is 4.38. The Morgan fingerprint density at radius 1 is 0.889 bits per heavy atom. The van der Waals surface area contributed by atoms with Gasteiger partial charge in [0.25, 0.3) is 0 Å². The van der Waals surface area contributed by atoms with Crippen LogP contribution in [0, 0.1) is 6.92 Å². The third kappa shape index (κ3) is 1.93. The molecule has 3 rings (SSSR count). The Hall–Kier alpha value is -2.35. The first kappa shape index (κ1) is 10.8. The smallest absolute Gasteiger partial charge is 0.336 e. The molecule has 0 unspecified atom stereocenters. The van der Waals surface area contributed by atoms with Gasteiger partial charge in [-0.25, -0.2) is 4.79 Å². The highest BCUT2D eigenvalue weighted by Gasteiger charge is 2.01. The maximum absolute atomic E-state index is 11.1. The van der Waals surface area contributed by atoms with Gasteiger partial charge in [0, 0.05) is 11.5 Å². The second kappa shape index (κ2) is 4.15. The SMILES string of the molecule is Cc1cccc(-c2ccc3oc(=O)ccc3c2)c1. The summed E-state index contributed by atoms with van der Waals surface area (Å²) in [7, 11) is 0. The largest absolute Gasteiger partial charge is 0.423 e. The van der Waals surface area contributed by atoms with Crippen LogP contribution in [0.25, 0.3) is 22.1 Å². The molecule has 18 heavy (non-hydrogen) atoms. The summed E-state index contributed by atoms with van der Waals surface area (Å²) in [4.78, 5) is 11.1. The van der Waals surface area contributed by atoms with Gasteiger partial charge in [0.05, 0.1) is 0 Å². The van der Waals surface area contributed by atoms with Gasteiger partial charge in [-0.2, -0.15) is 0 Å². The van der Waals surface area contributed by atoms with Crippen molar-refractivity contribution in [3.8, 4) is 11.1 Å². The highest BCUT2D eigenvalue weighted by atomic mass is 16.4. The normalized spacial score (nSPS) is 10.7. The van der Waals surface area contributed by atoms with E-state index in [4.69, 9.17) is 4.42 Å². The molecule has 0 N–H and O–H groups in total. The van der Waals surface area contributed by atoms with Crippen molar-refractivity contribution in [2.45, 2.75) is 6.92 Å². The lowest BCUT2D eigenvalue weighted by molar-refractivity contribution is 0.561. The van der Waals surface area contributed by atoms with Gasteiger partial charge >= 0.3 is 5.63 Å². The first-order valence-electron chi connectivity index (χ1n) is 5.83. The molecule has 0 spiro atoms. The van der Waals surface area contributed by atoms with Crippen LogP contribution in [0.4, 0.5) is 0 Å². The summed E-state index contributed by atoms with van der Waals surface area (Å²) in [5, 5.41) is 0.939. The summed E-state index contributed by atoms with van der Waals surface area (Å²) in [6.45, 7) is 2.07. The Morgan fingerprint density at radius 3 is 2.56 bits per heavy atom. The molecule has 0 amide bonds. The van der Waals surface area contributed by atoms with Crippen molar-refractivity contribution in [3.63, 3.8) is 0 Å². The predicted octanol–water partition coefficient (Wildman–Crippen LogP) is 3.77. The third-order valence-electron chi connectivity index (χ3n) is 2.97. The fourth-order valence-corrected chi connectivity index (χ4v) is 2.08. The van der Waals surface area contributed by atoms with Crippen LogP contribution in [0.3, 0.4) is 0 Å². The molecule has 1 heterocycles. The average molecular weight is 236 g/mol. The van der Waals surface area contributed by atoms with Gasteiger partial charge in [0.1, 0.15) is 5.58 Å². The molecule has 1 aromatic heterocycles. The van der Waals surface area contributed by atoms with Crippen LogP contribution in [0.1, 0.15) is 5.56 Å². The second-order valence-corrected chi connectivity index (χ2v) is 4.38. The molecule has 0 saturated heterocycles. The van der Waals surface area contributed by atoms with Crippen LogP contribution in [0.15, 0.2) is 63.8 Å². The summed E-state index contributed by atoms with van der Waals surface area (Å²) in [6.07, 6.45) is 0. The maximum atomic E-state index is 11.1. The van der Waals surface area contributed by atoms with Crippen LogP contribution in [0.2, 0.25) is 0 Å². The van der Waals surface area contributed by atoms with E-state index in [0.717, 1.165) is 10.9 Å². The van der Waals surface area contributed by atoms with Crippen molar-refractivity contribution in [2.75, 3.05) is 0 Å². The minimum absolute atomic E-state index is 0.314. The zero-order chi connectivity index (χ0) is 12.5. The lowest BCUT2D eigenvalue weighted by atomic mass is 10.0. The van der Waals surface area contributed by atoms with E-state index in [1.54, 1.807) is 6.07 Å². The fourth-order valence-electron chi connectivity index (χ4n) is 2.08. The van der Waals surface area contributed by atoms with E-state index in [1.165, 1.54) is 17.2 Å². The minimum atomic E-state index is -0.314. The molecule has 0 aliphatic rings. The van der Waals surface area contributed by atoms with Gasteiger partial charge in [-0.1, -0.05) is 35.9 Å². The number of hydrogen-bond donors (Lipinski definition) is 0. The van der Waals surface area contributed by atoms with Crippen LogP contribution in [-0.2, 0) is 0 Å². The number of fused-ring (bicyclic) bond motifs is 1. The molecular formula is C16H12O2. The summed E-state index contributed by atoms with van der Waals surface area (Å²) >= 11 is 0. The van der Waals surface area contributed by atoms with Crippen molar-refractivity contribution < 1.29 is 4.42 Å². The van der Waals surface area contributed by atoms with Gasteiger partial charge in [-0.05, 0) is 36.2 Å². The molecule has 0 saturated carbocycles. The lowest BCUT2D eigenvalue weighted by Gasteiger charge is -2.04. The summed E-state index contributed by atoms with van der Waals surface area (Å²) < 4.78 is 5.12. The molecule has 0 bridgehead atoms. The van der Waals surface area contributed by atoms with Crippen molar-refractivity contribution in [1.82, 2.24) is 0 Å². The zero-order valence-electron chi connectivity index (χ0n) is 10.0. The van der Waals surface area contributed by atoms with Gasteiger partial charge in [0.2, 0.25) is 0 Å². The Kier molecular flexibility index (Phi) is 2.49. The highest BCUT2D eigenvalue weighted by molar-refractivity contribution is 5.82. The first-order valence-corrected chi connectivity index (χ1v) is 5.83. The molecule has 2 heteroatoms. The predicted molar refractivity (Wildman–Crippen MR) is 72.7 cm³/mol. The van der Waals surface area contributed by atoms with Crippen LogP contribution >= 0.6 is 0 Å². The van der Waals surface area contributed by atoms with Crippen LogP contribution < -0.4 is 5.63 Å². The molecule has 0 atom stereocenters. The van der Waals surface area contributed by atoms with Crippen molar-refractivity contribution in [2.24, 2.45) is 0 Å². The standard InChI is InChI=1S/C16H12O2/c1-11-3-2-4-12(9-11)13-5-7-15-14(10-13)6-8-16(17)18-15/h2-10H,1H3. The monoisotopic (exact) mass is 236 g/mol. The molecule has 0 fully saturated rings. The molecule has 0 aliphatic heterocycles. The summed E-state index contributed by atoms with van der Waals surface area (Å²) in [5.41, 5.74) is 3.83. The summed E-state index contributed by atoms with van der Waals surface area (Å²) in [6, 6.07) is 17.4. The molecule has 0 aliphatic carbocycles. The van der Waals surface area contributed by atoms with E-state index in [2.05, 4.69) is 25.1 Å². The van der Waals surface area contributed by atoms with E-state index >= 15 is 0 Å². The fraction of sp³-hybridized carbons (Fsp3) is 0.0625. The van der Waals surface area contributed by atoms with Crippen molar-refractivity contribution in [1.29, 1.82) is 0 Å². The maximum Gasteiger partial charge on any atom is 0.336 e. The Labute approximate surface area is 105 Å². The average Bonchev–Trinajstić information content (AvgIpc) is 2.38. The Morgan fingerprint density at radius 2 is 1.72 bits per heavy atom. The number of benzene rings is 2. The molecule has 88 valence electrons. The lowest BCUT2D eigenvalue weighted by Crippen LogP contribution is -1.94. The van der Waals surface area contributed by atoms with E-state index in [9.17, 15) is 4.79 Å². The Bertz CT molecular complexity index is 769. The van der Waals surface area contributed by atoms with Crippen LogP contribution in [-0.4, -0.2) is 0 Å². The number of aryl methyl sites for hydroxylation is 1. The molecule has 0 radical (unpaired) electrons. The quantitative estimate of drug-likeness (QED) is 0.602.